The first kappa shape index (κ1) is 17.3. The average Bonchev–Trinajstić information content (AvgIpc) is 2.51. The van der Waals surface area contributed by atoms with Gasteiger partial charge in [0.15, 0.2) is 0 Å². The quantitative estimate of drug-likeness (QED) is 0.931. The molecule has 2 rings (SSSR count). The molecule has 0 atom stereocenters. The summed E-state index contributed by atoms with van der Waals surface area (Å²) in [5.74, 6) is 0.0774. The summed E-state index contributed by atoms with van der Waals surface area (Å²) in [6.45, 7) is 11.1. The fourth-order valence-corrected chi connectivity index (χ4v) is 3.13. The van der Waals surface area contributed by atoms with Crippen LogP contribution in [0.2, 0.25) is 0 Å². The molecule has 1 heterocycles. The maximum Gasteiger partial charge on any atom is 0.317 e. The lowest BCUT2D eigenvalue weighted by atomic mass is 9.98. The second-order valence-corrected chi connectivity index (χ2v) is 6.28. The smallest absolute Gasteiger partial charge is 0.317 e. The minimum atomic E-state index is -0.0263. The summed E-state index contributed by atoms with van der Waals surface area (Å²) in [4.78, 5) is 28.4. The number of aryl methyl sites for hydroxylation is 3. The van der Waals surface area contributed by atoms with Crippen molar-refractivity contribution < 1.29 is 9.59 Å². The normalized spacial score (nSPS) is 14.8. The van der Waals surface area contributed by atoms with Gasteiger partial charge in [0.2, 0.25) is 0 Å². The number of amides is 3. The first-order chi connectivity index (χ1) is 10.9. The van der Waals surface area contributed by atoms with E-state index in [1.807, 2.05) is 32.6 Å². The van der Waals surface area contributed by atoms with Crippen LogP contribution in [0.1, 0.15) is 40.4 Å². The van der Waals surface area contributed by atoms with Crippen LogP contribution in [0.4, 0.5) is 4.79 Å². The minimum absolute atomic E-state index is 0.0263. The fourth-order valence-electron chi connectivity index (χ4n) is 3.13. The van der Waals surface area contributed by atoms with E-state index >= 15 is 0 Å². The first-order valence-electron chi connectivity index (χ1n) is 8.34. The summed E-state index contributed by atoms with van der Waals surface area (Å²) in [6, 6.07) is 4.07. The molecule has 0 spiro atoms. The molecule has 5 heteroatoms. The van der Waals surface area contributed by atoms with Gasteiger partial charge in [-0.15, -0.1) is 0 Å². The molecule has 1 saturated heterocycles. The lowest BCUT2D eigenvalue weighted by Crippen LogP contribution is -2.53. The van der Waals surface area contributed by atoms with Crippen molar-refractivity contribution >= 4 is 11.9 Å². The molecule has 0 radical (unpaired) electrons. The average molecular weight is 317 g/mol. The van der Waals surface area contributed by atoms with E-state index in [0.717, 1.165) is 23.1 Å². The van der Waals surface area contributed by atoms with Crippen molar-refractivity contribution in [2.24, 2.45) is 0 Å². The lowest BCUT2D eigenvalue weighted by Gasteiger charge is -2.35. The Morgan fingerprint density at radius 2 is 1.52 bits per heavy atom. The second-order valence-electron chi connectivity index (χ2n) is 6.28. The van der Waals surface area contributed by atoms with Crippen LogP contribution in [0.25, 0.3) is 0 Å². The number of nitrogens with zero attached hydrogens (tertiary/aromatic N) is 2. The molecule has 1 aliphatic rings. The van der Waals surface area contributed by atoms with Gasteiger partial charge in [0.25, 0.3) is 5.91 Å². The highest BCUT2D eigenvalue weighted by atomic mass is 16.2. The van der Waals surface area contributed by atoms with Crippen LogP contribution in [0.3, 0.4) is 0 Å². The van der Waals surface area contributed by atoms with Gasteiger partial charge in [-0.3, -0.25) is 4.79 Å². The summed E-state index contributed by atoms with van der Waals surface area (Å²) < 4.78 is 0. The number of carbonyl (C=O) groups excluding carboxylic acids is 2. The van der Waals surface area contributed by atoms with E-state index in [1.165, 1.54) is 5.56 Å². The number of carbonyl (C=O) groups is 2. The number of rotatable bonds is 3. The third kappa shape index (κ3) is 4.03. The van der Waals surface area contributed by atoms with Gasteiger partial charge in [0.05, 0.1) is 0 Å². The summed E-state index contributed by atoms with van der Waals surface area (Å²) in [5, 5.41) is 2.89. The Hall–Kier alpha value is -2.04. The van der Waals surface area contributed by atoms with Crippen LogP contribution < -0.4 is 5.32 Å². The predicted molar refractivity (Wildman–Crippen MR) is 91.8 cm³/mol. The predicted octanol–water partition coefficient (Wildman–Crippen LogP) is 2.49. The highest BCUT2D eigenvalue weighted by Crippen LogP contribution is 2.19. The van der Waals surface area contributed by atoms with Gasteiger partial charge in [-0.05, 0) is 38.3 Å². The summed E-state index contributed by atoms with van der Waals surface area (Å²) in [5.41, 5.74) is 4.03. The topological polar surface area (TPSA) is 52.7 Å². The molecular formula is C18H27N3O2. The van der Waals surface area contributed by atoms with Crippen LogP contribution >= 0.6 is 0 Å². The van der Waals surface area contributed by atoms with Gasteiger partial charge in [-0.1, -0.05) is 24.6 Å². The zero-order valence-electron chi connectivity index (χ0n) is 14.6. The Labute approximate surface area is 138 Å². The number of benzene rings is 1. The highest BCUT2D eigenvalue weighted by Gasteiger charge is 2.26. The molecule has 0 saturated carbocycles. The summed E-state index contributed by atoms with van der Waals surface area (Å²) in [6.07, 6.45) is 0.927. The highest BCUT2D eigenvalue weighted by molar-refractivity contribution is 5.97. The molecule has 0 unspecified atom stereocenters. The molecule has 1 aliphatic heterocycles. The largest absolute Gasteiger partial charge is 0.338 e. The minimum Gasteiger partial charge on any atom is -0.338 e. The molecule has 1 fully saturated rings. The third-order valence-electron chi connectivity index (χ3n) is 4.27. The zero-order valence-corrected chi connectivity index (χ0v) is 14.6. The van der Waals surface area contributed by atoms with Gasteiger partial charge >= 0.3 is 6.03 Å². The van der Waals surface area contributed by atoms with Crippen molar-refractivity contribution in [1.82, 2.24) is 15.1 Å². The molecule has 5 nitrogen and oxygen atoms in total. The van der Waals surface area contributed by atoms with E-state index in [9.17, 15) is 9.59 Å². The number of piperazine rings is 1. The number of urea groups is 1. The standard InChI is InChI=1S/C18H27N3O2/c1-5-6-19-18(23)21-9-7-20(8-10-21)17(22)16-14(3)11-13(2)12-15(16)4/h11-12H,5-10H2,1-4H3,(H,19,23). The maximum atomic E-state index is 12.8. The van der Waals surface area contributed by atoms with Crippen molar-refractivity contribution in [2.75, 3.05) is 32.7 Å². The molecule has 0 aliphatic carbocycles. The molecule has 0 aromatic heterocycles. The SMILES string of the molecule is CCCNC(=O)N1CCN(C(=O)c2c(C)cc(C)cc2C)CC1. The molecule has 23 heavy (non-hydrogen) atoms. The van der Waals surface area contributed by atoms with Crippen molar-refractivity contribution in [1.29, 1.82) is 0 Å². The van der Waals surface area contributed by atoms with Gasteiger partial charge in [0.1, 0.15) is 0 Å². The van der Waals surface area contributed by atoms with Crippen LogP contribution in [0.5, 0.6) is 0 Å². The summed E-state index contributed by atoms with van der Waals surface area (Å²) in [7, 11) is 0. The third-order valence-corrected chi connectivity index (χ3v) is 4.27. The molecule has 1 N–H and O–H groups in total. The number of nitrogens with one attached hydrogen (secondary N) is 1. The molecule has 126 valence electrons. The van der Waals surface area contributed by atoms with E-state index < -0.39 is 0 Å². The molecule has 0 bridgehead atoms. The molecular weight excluding hydrogens is 290 g/mol. The fraction of sp³-hybridized carbons (Fsp3) is 0.556. The molecule has 1 aromatic rings. The van der Waals surface area contributed by atoms with Crippen molar-refractivity contribution in [3.63, 3.8) is 0 Å². The van der Waals surface area contributed by atoms with E-state index in [-0.39, 0.29) is 11.9 Å². The van der Waals surface area contributed by atoms with Crippen LogP contribution in [0.15, 0.2) is 12.1 Å². The second kappa shape index (κ2) is 7.49. The Morgan fingerprint density at radius 1 is 1.00 bits per heavy atom. The number of hydrogen-bond donors (Lipinski definition) is 1. The zero-order chi connectivity index (χ0) is 17.0. The maximum absolute atomic E-state index is 12.8. The van der Waals surface area contributed by atoms with Crippen molar-refractivity contribution in [2.45, 2.75) is 34.1 Å². The van der Waals surface area contributed by atoms with E-state index in [4.69, 9.17) is 0 Å². The lowest BCUT2D eigenvalue weighted by molar-refractivity contribution is 0.0663. The molecule has 3 amide bonds. The van der Waals surface area contributed by atoms with Crippen molar-refractivity contribution in [3.8, 4) is 0 Å². The van der Waals surface area contributed by atoms with Gasteiger partial charge in [-0.2, -0.15) is 0 Å². The summed E-state index contributed by atoms with van der Waals surface area (Å²) >= 11 is 0. The molecule has 1 aromatic carbocycles. The number of hydrogen-bond acceptors (Lipinski definition) is 2. The Morgan fingerprint density at radius 3 is 2.04 bits per heavy atom. The first-order valence-corrected chi connectivity index (χ1v) is 8.34. The Bertz CT molecular complexity index is 567. The van der Waals surface area contributed by atoms with Crippen LogP contribution in [-0.2, 0) is 0 Å². The van der Waals surface area contributed by atoms with Gasteiger partial charge in [0, 0.05) is 38.3 Å². The Kier molecular flexibility index (Phi) is 5.64. The van der Waals surface area contributed by atoms with Crippen LogP contribution in [0, 0.1) is 20.8 Å². The van der Waals surface area contributed by atoms with Crippen LogP contribution in [-0.4, -0.2) is 54.5 Å². The Balaban J connectivity index is 2.00. The van der Waals surface area contributed by atoms with Gasteiger partial charge < -0.3 is 15.1 Å². The van der Waals surface area contributed by atoms with Crippen molar-refractivity contribution in [3.05, 3.63) is 34.4 Å². The van der Waals surface area contributed by atoms with Gasteiger partial charge in [-0.25, -0.2) is 4.79 Å². The van der Waals surface area contributed by atoms with E-state index in [0.29, 0.717) is 32.7 Å². The van der Waals surface area contributed by atoms with E-state index in [1.54, 1.807) is 4.90 Å². The van der Waals surface area contributed by atoms with E-state index in [2.05, 4.69) is 17.4 Å². The monoisotopic (exact) mass is 317 g/mol.